The van der Waals surface area contributed by atoms with Crippen LogP contribution in [0.2, 0.25) is 0 Å². The van der Waals surface area contributed by atoms with E-state index < -0.39 is 18.9 Å². The molecule has 1 saturated heterocycles. The van der Waals surface area contributed by atoms with Crippen LogP contribution in [0.1, 0.15) is 76.0 Å². The summed E-state index contributed by atoms with van der Waals surface area (Å²) in [6.07, 6.45) is 5.17. The van der Waals surface area contributed by atoms with Crippen LogP contribution in [0.25, 0.3) is 22.2 Å². The van der Waals surface area contributed by atoms with Crippen LogP contribution in [0.5, 0.6) is 0 Å². The molecule has 5 heterocycles. The Labute approximate surface area is 220 Å². The number of aromatic nitrogens is 4. The van der Waals surface area contributed by atoms with Gasteiger partial charge in [-0.25, -0.2) is 15.0 Å². The van der Waals surface area contributed by atoms with E-state index in [2.05, 4.69) is 34.7 Å². The van der Waals surface area contributed by atoms with Gasteiger partial charge in [0.15, 0.2) is 0 Å². The van der Waals surface area contributed by atoms with Crippen LogP contribution in [-0.2, 0) is 5.41 Å². The third-order valence-electron chi connectivity index (χ3n) is 8.13. The Balaban J connectivity index is 1.40. The molecule has 7 heteroatoms. The fourth-order valence-corrected chi connectivity index (χ4v) is 6.17. The molecule has 1 N–H and O–H groups in total. The predicted octanol–water partition coefficient (Wildman–Crippen LogP) is 4.24. The molecular formula is C30H28N6O. The summed E-state index contributed by atoms with van der Waals surface area (Å²) in [6, 6.07) is 10.4. The first-order chi connectivity index (χ1) is 19.2. The Morgan fingerprint density at radius 3 is 2.78 bits per heavy atom. The molecule has 184 valence electrons. The standard InChI is InChI=1S/C30H28N6O/c1-4-6-18-7-5-8-21-26(18)24-14-25(35(3)28(21)37)27-34-22-10-9-19(13-23(22)36(24)27)20-15-32-29(33-16-20)30(2)11-12-31-17-30/h5,7-10,13,15-16,24-25,31H,11-12,14,17H2,1-3H3/t24-,25-,30?/m1/s1/i3D3. The number of hydrogen-bond acceptors (Lipinski definition) is 5. The summed E-state index contributed by atoms with van der Waals surface area (Å²) in [6.45, 7) is 3.15. The van der Waals surface area contributed by atoms with E-state index >= 15 is 0 Å². The van der Waals surface area contributed by atoms with Crippen LogP contribution in [0.3, 0.4) is 0 Å². The van der Waals surface area contributed by atoms with Crippen molar-refractivity contribution in [1.29, 1.82) is 0 Å². The summed E-state index contributed by atoms with van der Waals surface area (Å²) in [7, 11) is 0. The van der Waals surface area contributed by atoms with E-state index in [0.29, 0.717) is 17.8 Å². The zero-order chi connectivity index (χ0) is 27.8. The van der Waals surface area contributed by atoms with Crippen molar-refractivity contribution in [2.45, 2.75) is 44.2 Å². The normalized spacial score (nSPS) is 25.5. The molecule has 3 aliphatic rings. The number of rotatable bonds is 2. The van der Waals surface area contributed by atoms with Crippen molar-refractivity contribution in [3.05, 3.63) is 77.1 Å². The second-order valence-electron chi connectivity index (χ2n) is 10.4. The zero-order valence-electron chi connectivity index (χ0n) is 23.7. The molecule has 0 radical (unpaired) electrons. The quantitative estimate of drug-likeness (QED) is 0.425. The number of nitrogens with zero attached hydrogens (tertiary/aromatic N) is 5. The van der Waals surface area contributed by atoms with Crippen molar-refractivity contribution in [3.8, 4) is 23.0 Å². The zero-order valence-corrected chi connectivity index (χ0v) is 20.7. The van der Waals surface area contributed by atoms with E-state index in [9.17, 15) is 4.79 Å². The lowest BCUT2D eigenvalue weighted by atomic mass is 9.89. The van der Waals surface area contributed by atoms with E-state index in [1.807, 2.05) is 30.6 Å². The Bertz CT molecular complexity index is 1740. The van der Waals surface area contributed by atoms with Crippen molar-refractivity contribution in [1.82, 2.24) is 29.7 Å². The molecule has 2 bridgehead atoms. The number of carbonyl (C=O) groups excluding carboxylic acids is 1. The van der Waals surface area contributed by atoms with E-state index in [-0.39, 0.29) is 11.5 Å². The topological polar surface area (TPSA) is 75.9 Å². The van der Waals surface area contributed by atoms with Gasteiger partial charge in [0.2, 0.25) is 0 Å². The third-order valence-corrected chi connectivity index (χ3v) is 8.13. The average Bonchev–Trinajstić information content (AvgIpc) is 3.61. The van der Waals surface area contributed by atoms with Gasteiger partial charge in [0.1, 0.15) is 11.6 Å². The minimum atomic E-state index is -2.62. The van der Waals surface area contributed by atoms with E-state index in [0.717, 1.165) is 63.5 Å². The molecule has 0 saturated carbocycles. The lowest BCUT2D eigenvalue weighted by molar-refractivity contribution is 0.0734. The summed E-state index contributed by atoms with van der Waals surface area (Å²) in [5.41, 5.74) is 5.27. The van der Waals surface area contributed by atoms with Crippen LogP contribution < -0.4 is 5.32 Å². The van der Waals surface area contributed by atoms with Crippen molar-refractivity contribution in [2.24, 2.45) is 0 Å². The molecule has 3 aliphatic heterocycles. The summed E-state index contributed by atoms with van der Waals surface area (Å²) >= 11 is 0. The van der Waals surface area contributed by atoms with E-state index in [1.165, 1.54) is 0 Å². The molecule has 4 aromatic rings. The van der Waals surface area contributed by atoms with Gasteiger partial charge < -0.3 is 14.8 Å². The largest absolute Gasteiger partial charge is 0.331 e. The Hall–Kier alpha value is -4.02. The third kappa shape index (κ3) is 3.19. The Morgan fingerprint density at radius 2 is 2.03 bits per heavy atom. The summed E-state index contributed by atoms with van der Waals surface area (Å²) in [5.74, 6) is 7.01. The maximum Gasteiger partial charge on any atom is 0.254 e. The van der Waals surface area contributed by atoms with Crippen molar-refractivity contribution < 1.29 is 8.91 Å². The molecule has 37 heavy (non-hydrogen) atoms. The van der Waals surface area contributed by atoms with Gasteiger partial charge in [-0.1, -0.05) is 25.0 Å². The van der Waals surface area contributed by atoms with Gasteiger partial charge in [-0.05, 0) is 49.7 Å². The first-order valence-electron chi connectivity index (χ1n) is 14.1. The minimum absolute atomic E-state index is 0.0662. The number of carbonyl (C=O) groups is 1. The molecule has 3 atom stereocenters. The lowest BCUT2D eigenvalue weighted by Gasteiger charge is -2.24. The van der Waals surface area contributed by atoms with Gasteiger partial charge in [0, 0.05) is 64.1 Å². The average molecular weight is 492 g/mol. The second-order valence-corrected chi connectivity index (χ2v) is 10.4. The molecule has 1 fully saturated rings. The highest BCUT2D eigenvalue weighted by molar-refractivity contribution is 5.98. The number of imidazole rings is 1. The first-order valence-corrected chi connectivity index (χ1v) is 12.6. The molecule has 2 aromatic carbocycles. The smallest absolute Gasteiger partial charge is 0.254 e. The maximum absolute atomic E-state index is 13.7. The highest BCUT2D eigenvalue weighted by Gasteiger charge is 2.44. The van der Waals surface area contributed by atoms with Gasteiger partial charge in [-0.3, -0.25) is 4.79 Å². The summed E-state index contributed by atoms with van der Waals surface area (Å²) in [5, 5.41) is 3.40. The van der Waals surface area contributed by atoms with Gasteiger partial charge in [-0.15, -0.1) is 5.92 Å². The molecule has 7 rings (SSSR count). The van der Waals surface area contributed by atoms with Crippen LogP contribution in [0.4, 0.5) is 0 Å². The fourth-order valence-electron chi connectivity index (χ4n) is 6.17. The fraction of sp³-hybridized carbons (Fsp3) is 0.333. The molecule has 1 unspecified atom stereocenters. The Morgan fingerprint density at radius 1 is 1.16 bits per heavy atom. The van der Waals surface area contributed by atoms with Gasteiger partial charge >= 0.3 is 0 Å². The van der Waals surface area contributed by atoms with E-state index in [4.69, 9.17) is 19.1 Å². The molecule has 1 amide bonds. The van der Waals surface area contributed by atoms with Crippen LogP contribution in [0.15, 0.2) is 48.8 Å². The van der Waals surface area contributed by atoms with Crippen LogP contribution in [-0.4, -0.2) is 50.4 Å². The number of nitrogens with one attached hydrogen (secondary N) is 1. The van der Waals surface area contributed by atoms with Crippen molar-refractivity contribution in [2.75, 3.05) is 20.1 Å². The lowest BCUT2D eigenvalue weighted by Crippen LogP contribution is -2.30. The van der Waals surface area contributed by atoms with Crippen LogP contribution >= 0.6 is 0 Å². The molecular weight excluding hydrogens is 460 g/mol. The van der Waals surface area contributed by atoms with Gasteiger partial charge in [0.25, 0.3) is 5.91 Å². The molecule has 7 nitrogen and oxygen atoms in total. The highest BCUT2D eigenvalue weighted by Crippen LogP contribution is 2.48. The van der Waals surface area contributed by atoms with Crippen molar-refractivity contribution in [3.63, 3.8) is 0 Å². The van der Waals surface area contributed by atoms with Gasteiger partial charge in [-0.2, -0.15) is 0 Å². The SMILES string of the molecule is [2H]C([2H])([2H])N1C(=O)c2cccc(C#CC)c2[C@H]2C[C@@H]1c1nc3ccc(-c4cnc(C5(C)CCNC5)nc4)cc3n12. The van der Waals surface area contributed by atoms with Gasteiger partial charge in [0.05, 0.1) is 23.1 Å². The number of benzene rings is 2. The second kappa shape index (κ2) is 7.99. The maximum atomic E-state index is 13.7. The molecule has 0 aliphatic carbocycles. The molecule has 2 aromatic heterocycles. The molecule has 0 spiro atoms. The van der Waals surface area contributed by atoms with E-state index in [1.54, 1.807) is 19.1 Å². The van der Waals surface area contributed by atoms with Crippen LogP contribution in [0, 0.1) is 11.8 Å². The number of amides is 1. The summed E-state index contributed by atoms with van der Waals surface area (Å²) in [4.78, 5) is 29.1. The highest BCUT2D eigenvalue weighted by atomic mass is 16.2. The minimum Gasteiger partial charge on any atom is -0.331 e. The predicted molar refractivity (Wildman–Crippen MR) is 142 cm³/mol. The first kappa shape index (κ1) is 19.1. The monoisotopic (exact) mass is 491 g/mol. The summed E-state index contributed by atoms with van der Waals surface area (Å²) < 4.78 is 26.9. The Kier molecular flexibility index (Phi) is 4.13. The number of fused-ring (bicyclic) bond motifs is 9. The number of hydrogen-bond donors (Lipinski definition) is 1. The van der Waals surface area contributed by atoms with Crippen molar-refractivity contribution >= 4 is 16.9 Å².